The number of nitriles is 1. The highest BCUT2D eigenvalue weighted by Crippen LogP contribution is 2.45. The first-order valence-electron chi connectivity index (χ1n) is 6.58. The second kappa shape index (κ2) is 5.24. The topological polar surface area (TPSA) is 23.8 Å². The van der Waals surface area contributed by atoms with Crippen molar-refractivity contribution < 1.29 is 0 Å². The van der Waals surface area contributed by atoms with Gasteiger partial charge in [0, 0.05) is 25.7 Å². The van der Waals surface area contributed by atoms with Crippen molar-refractivity contribution in [3.05, 3.63) is 51.8 Å². The van der Waals surface area contributed by atoms with Crippen molar-refractivity contribution in [2.45, 2.75) is 0 Å². The lowest BCUT2D eigenvalue weighted by molar-refractivity contribution is 1.50. The minimum atomic E-state index is 0.655. The SMILES string of the molecule is [B]c1sc2ccc(C#N)cc2c1-c1c(Br)sc2ccccc12. The molecule has 0 spiro atoms. The molecule has 5 heteroatoms. The van der Waals surface area contributed by atoms with Crippen LogP contribution in [0.5, 0.6) is 0 Å². The molecule has 0 aliphatic heterocycles. The summed E-state index contributed by atoms with van der Waals surface area (Å²) >= 11 is 6.96. The second-order valence-corrected chi connectivity index (χ2v) is 8.36. The van der Waals surface area contributed by atoms with Crippen LogP contribution >= 0.6 is 38.6 Å². The summed E-state index contributed by atoms with van der Waals surface area (Å²) in [7, 11) is 6.32. The van der Waals surface area contributed by atoms with Gasteiger partial charge >= 0.3 is 0 Å². The van der Waals surface area contributed by atoms with E-state index in [1.807, 2.05) is 30.3 Å². The van der Waals surface area contributed by atoms with Crippen molar-refractivity contribution in [3.8, 4) is 17.2 Å². The minimum absolute atomic E-state index is 0.655. The molecule has 0 aliphatic rings. The number of benzene rings is 2. The molecule has 0 atom stereocenters. The summed E-state index contributed by atoms with van der Waals surface area (Å²) in [6.07, 6.45) is 0. The summed E-state index contributed by atoms with van der Waals surface area (Å²) in [5.41, 5.74) is 2.81. The summed E-state index contributed by atoms with van der Waals surface area (Å²) in [6.45, 7) is 0. The van der Waals surface area contributed by atoms with Crippen LogP contribution in [0.25, 0.3) is 31.3 Å². The molecule has 0 unspecified atom stereocenters. The molecule has 0 fully saturated rings. The Labute approximate surface area is 145 Å². The molecule has 0 bridgehead atoms. The quantitative estimate of drug-likeness (QED) is 0.416. The van der Waals surface area contributed by atoms with E-state index in [1.165, 1.54) is 10.1 Å². The van der Waals surface area contributed by atoms with Crippen molar-refractivity contribution in [2.24, 2.45) is 0 Å². The lowest BCUT2D eigenvalue weighted by Gasteiger charge is -2.03. The third-order valence-electron chi connectivity index (χ3n) is 3.65. The molecule has 2 heterocycles. The zero-order chi connectivity index (χ0) is 15.3. The zero-order valence-corrected chi connectivity index (χ0v) is 14.5. The fourth-order valence-corrected chi connectivity index (χ4v) is 5.52. The van der Waals surface area contributed by atoms with Crippen LogP contribution in [-0.2, 0) is 0 Å². The fourth-order valence-electron chi connectivity index (χ4n) is 2.69. The highest BCUT2D eigenvalue weighted by molar-refractivity contribution is 9.11. The van der Waals surface area contributed by atoms with E-state index in [2.05, 4.69) is 34.1 Å². The van der Waals surface area contributed by atoms with Crippen LogP contribution in [0.3, 0.4) is 0 Å². The average molecular weight is 380 g/mol. The van der Waals surface area contributed by atoms with Crippen molar-refractivity contribution in [1.29, 1.82) is 5.26 Å². The third kappa shape index (κ3) is 2.03. The van der Waals surface area contributed by atoms with Crippen molar-refractivity contribution in [1.82, 2.24) is 0 Å². The molecule has 0 saturated carbocycles. The van der Waals surface area contributed by atoms with E-state index in [4.69, 9.17) is 13.1 Å². The first kappa shape index (κ1) is 14.0. The summed E-state index contributed by atoms with van der Waals surface area (Å²) in [5, 5.41) is 11.4. The third-order valence-corrected chi connectivity index (χ3v) is 6.49. The van der Waals surface area contributed by atoms with Crippen molar-refractivity contribution in [2.75, 3.05) is 0 Å². The molecule has 4 aromatic rings. The predicted molar refractivity (Wildman–Crippen MR) is 100 cm³/mol. The smallest absolute Gasteiger partial charge is 0.129 e. The normalized spacial score (nSPS) is 11.1. The molecule has 2 radical (unpaired) electrons. The van der Waals surface area contributed by atoms with Crippen LogP contribution in [0.2, 0.25) is 0 Å². The molecule has 0 aliphatic carbocycles. The van der Waals surface area contributed by atoms with E-state index < -0.39 is 0 Å². The summed E-state index contributed by atoms with van der Waals surface area (Å²) < 4.78 is 4.19. The summed E-state index contributed by atoms with van der Waals surface area (Å²) in [4.78, 5) is 0. The Morgan fingerprint density at radius 2 is 1.73 bits per heavy atom. The number of halogens is 1. The molecular weight excluding hydrogens is 373 g/mol. The van der Waals surface area contributed by atoms with Gasteiger partial charge in [0.2, 0.25) is 0 Å². The van der Waals surface area contributed by atoms with Crippen molar-refractivity contribution in [3.63, 3.8) is 0 Å². The van der Waals surface area contributed by atoms with Crippen LogP contribution in [0.15, 0.2) is 46.3 Å². The van der Waals surface area contributed by atoms with Gasteiger partial charge in [0.25, 0.3) is 0 Å². The molecule has 0 amide bonds. The maximum absolute atomic E-state index is 9.17. The highest BCUT2D eigenvalue weighted by atomic mass is 79.9. The van der Waals surface area contributed by atoms with Crippen LogP contribution in [0.4, 0.5) is 0 Å². The van der Waals surface area contributed by atoms with E-state index in [1.54, 1.807) is 22.7 Å². The molecule has 22 heavy (non-hydrogen) atoms. The standard InChI is InChI=1S/C17H7BBrNS2/c18-16-14(11-7-9(8-20)5-6-13(11)21-16)15-10-3-1-2-4-12(10)22-17(15)19/h1-7H. The summed E-state index contributed by atoms with van der Waals surface area (Å²) in [6, 6.07) is 16.2. The van der Waals surface area contributed by atoms with Gasteiger partial charge in [-0.3, -0.25) is 0 Å². The molecule has 2 aromatic heterocycles. The number of rotatable bonds is 1. The maximum Gasteiger partial charge on any atom is 0.129 e. The number of nitrogens with zero attached hydrogens (tertiary/aromatic N) is 1. The molecular formula is C17H7BBrNS2. The molecule has 102 valence electrons. The van der Waals surface area contributed by atoms with Gasteiger partial charge < -0.3 is 0 Å². The first-order chi connectivity index (χ1) is 10.7. The predicted octanol–water partition coefficient (Wildman–Crippen LogP) is 5.21. The van der Waals surface area contributed by atoms with E-state index in [-0.39, 0.29) is 0 Å². The molecule has 0 saturated heterocycles. The van der Waals surface area contributed by atoms with Gasteiger partial charge in [-0.1, -0.05) is 18.2 Å². The number of fused-ring (bicyclic) bond motifs is 2. The zero-order valence-electron chi connectivity index (χ0n) is 11.3. The number of hydrogen-bond donors (Lipinski definition) is 0. The van der Waals surface area contributed by atoms with Crippen LogP contribution in [-0.4, -0.2) is 7.85 Å². The van der Waals surface area contributed by atoms with Crippen LogP contribution in [0.1, 0.15) is 5.56 Å². The minimum Gasteiger partial charge on any atom is -0.192 e. The largest absolute Gasteiger partial charge is 0.192 e. The Morgan fingerprint density at radius 1 is 0.955 bits per heavy atom. The Balaban J connectivity index is 2.14. The maximum atomic E-state index is 9.17. The van der Waals surface area contributed by atoms with Crippen molar-refractivity contribution >= 4 is 71.4 Å². The molecule has 0 N–H and O–H groups in total. The highest BCUT2D eigenvalue weighted by Gasteiger charge is 2.18. The van der Waals surface area contributed by atoms with E-state index in [0.717, 1.165) is 29.8 Å². The second-order valence-electron chi connectivity index (χ2n) is 4.91. The summed E-state index contributed by atoms with van der Waals surface area (Å²) in [5.74, 6) is 0. The molecule has 4 rings (SSSR count). The van der Waals surface area contributed by atoms with E-state index in [0.29, 0.717) is 5.56 Å². The fraction of sp³-hybridized carbons (Fsp3) is 0. The van der Waals surface area contributed by atoms with E-state index in [9.17, 15) is 0 Å². The Hall–Kier alpha value is -1.61. The first-order valence-corrected chi connectivity index (χ1v) is 9.01. The average Bonchev–Trinajstić information content (AvgIpc) is 3.01. The van der Waals surface area contributed by atoms with Gasteiger partial charge in [0.1, 0.15) is 7.85 Å². The van der Waals surface area contributed by atoms with Gasteiger partial charge in [-0.25, -0.2) is 0 Å². The molecule has 2 aromatic carbocycles. The van der Waals surface area contributed by atoms with Gasteiger partial charge in [0.15, 0.2) is 0 Å². The number of thiophene rings is 2. The monoisotopic (exact) mass is 379 g/mol. The lowest BCUT2D eigenvalue weighted by Crippen LogP contribution is -1.98. The lowest BCUT2D eigenvalue weighted by atomic mass is 9.93. The van der Waals surface area contributed by atoms with Gasteiger partial charge in [-0.2, -0.15) is 16.6 Å². The van der Waals surface area contributed by atoms with Gasteiger partial charge in [0.05, 0.1) is 15.4 Å². The van der Waals surface area contributed by atoms with Gasteiger partial charge in [-0.05, 0) is 50.5 Å². The molecule has 1 nitrogen and oxygen atoms in total. The van der Waals surface area contributed by atoms with E-state index >= 15 is 0 Å². The van der Waals surface area contributed by atoms with Crippen LogP contribution < -0.4 is 4.78 Å². The Morgan fingerprint density at radius 3 is 2.55 bits per heavy atom. The van der Waals surface area contributed by atoms with Crippen LogP contribution in [0, 0.1) is 11.3 Å². The van der Waals surface area contributed by atoms with Gasteiger partial charge in [-0.15, -0.1) is 11.3 Å². The Kier molecular flexibility index (Phi) is 3.34. The Bertz CT molecular complexity index is 1070. The number of hydrogen-bond acceptors (Lipinski definition) is 3.